The van der Waals surface area contributed by atoms with Crippen molar-refractivity contribution in [3.8, 4) is 0 Å². The first-order valence-electron chi connectivity index (χ1n) is 7.15. The second kappa shape index (κ2) is 6.39. The van der Waals surface area contributed by atoms with Crippen molar-refractivity contribution in [1.29, 1.82) is 0 Å². The van der Waals surface area contributed by atoms with E-state index in [9.17, 15) is 10.3 Å². The summed E-state index contributed by atoms with van der Waals surface area (Å²) in [6.45, 7) is 5.56. The summed E-state index contributed by atoms with van der Waals surface area (Å²) < 4.78 is 0. The second-order valence-corrected chi connectivity index (χ2v) is 6.21. The molecule has 0 bridgehead atoms. The summed E-state index contributed by atoms with van der Waals surface area (Å²) in [5.41, 5.74) is 0.978. The number of aliphatic hydroxyl groups excluding tert-OH is 1. The molecule has 3 heteroatoms. The van der Waals surface area contributed by atoms with Gasteiger partial charge in [0.25, 0.3) is 0 Å². The zero-order chi connectivity index (χ0) is 15.5. The van der Waals surface area contributed by atoms with E-state index < -0.39 is 17.7 Å². The van der Waals surface area contributed by atoms with Crippen LogP contribution in [-0.2, 0) is 5.21 Å². The third-order valence-electron chi connectivity index (χ3n) is 3.50. The molecule has 2 atom stereocenters. The van der Waals surface area contributed by atoms with E-state index in [1.54, 1.807) is 0 Å². The minimum atomic E-state index is -0.870. The van der Waals surface area contributed by atoms with Crippen LogP contribution in [0.3, 0.4) is 0 Å². The van der Waals surface area contributed by atoms with E-state index in [2.05, 4.69) is 0 Å². The molecule has 1 N–H and O–H groups in total. The lowest BCUT2D eigenvalue weighted by molar-refractivity contribution is -0.259. The van der Waals surface area contributed by atoms with Gasteiger partial charge in [0, 0.05) is 5.54 Å². The van der Waals surface area contributed by atoms with Gasteiger partial charge in [-0.2, -0.15) is 0 Å². The molecule has 1 radical (unpaired) electrons. The van der Waals surface area contributed by atoms with Gasteiger partial charge in [0.1, 0.15) is 6.10 Å². The zero-order valence-electron chi connectivity index (χ0n) is 12.7. The predicted octanol–water partition coefficient (Wildman–Crippen LogP) is 3.91. The van der Waals surface area contributed by atoms with E-state index in [0.717, 1.165) is 16.2 Å². The Labute approximate surface area is 126 Å². The summed E-state index contributed by atoms with van der Waals surface area (Å²) in [5, 5.41) is 24.4. The number of aliphatic hydroxyl groups is 1. The lowest BCUT2D eigenvalue weighted by atomic mass is 9.92. The molecule has 0 spiro atoms. The van der Waals surface area contributed by atoms with Crippen LogP contribution in [0.25, 0.3) is 0 Å². The molecule has 21 heavy (non-hydrogen) atoms. The molecule has 0 heterocycles. The second-order valence-electron chi connectivity index (χ2n) is 6.21. The summed E-state index contributed by atoms with van der Waals surface area (Å²) >= 11 is 0. The van der Waals surface area contributed by atoms with Crippen molar-refractivity contribution in [2.45, 2.75) is 38.5 Å². The third-order valence-corrected chi connectivity index (χ3v) is 3.50. The molecule has 2 aromatic rings. The fourth-order valence-electron chi connectivity index (χ4n) is 2.35. The Morgan fingerprint density at radius 1 is 0.857 bits per heavy atom. The maximum atomic E-state index is 12.7. The lowest BCUT2D eigenvalue weighted by Gasteiger charge is -2.37. The Bertz CT molecular complexity index is 548. The Kier molecular flexibility index (Phi) is 4.78. The topological polar surface area (TPSA) is 43.4 Å². The number of hydrogen-bond donors (Lipinski definition) is 1. The molecule has 0 aliphatic heterocycles. The van der Waals surface area contributed by atoms with Crippen molar-refractivity contribution in [3.63, 3.8) is 0 Å². The van der Waals surface area contributed by atoms with E-state index in [-0.39, 0.29) is 0 Å². The first-order chi connectivity index (χ1) is 9.91. The maximum Gasteiger partial charge on any atom is 0.101 e. The fourth-order valence-corrected chi connectivity index (χ4v) is 2.35. The van der Waals surface area contributed by atoms with Crippen LogP contribution >= 0.6 is 0 Å². The highest BCUT2D eigenvalue weighted by atomic mass is 16.5. The summed E-state index contributed by atoms with van der Waals surface area (Å²) in [6, 6.07) is 18.1. The van der Waals surface area contributed by atoms with Crippen LogP contribution in [0.4, 0.5) is 0 Å². The average Bonchev–Trinajstić information content (AvgIpc) is 2.48. The standard InChI is InChI=1S/C18H22NO2/c1-18(2,3)19(21)16(14-10-6-4-7-11-14)17(20)15-12-8-5-9-13-15/h4-13,16-17,20H,1-3H3. The SMILES string of the molecule is CC(C)(C)N([O])C(c1ccccc1)C(O)c1ccccc1. The number of benzene rings is 2. The van der Waals surface area contributed by atoms with Crippen molar-refractivity contribution in [3.05, 3.63) is 71.8 Å². The van der Waals surface area contributed by atoms with E-state index in [0.29, 0.717) is 0 Å². The van der Waals surface area contributed by atoms with Crippen LogP contribution < -0.4 is 0 Å². The summed E-state index contributed by atoms with van der Waals surface area (Å²) in [4.78, 5) is 0. The zero-order valence-corrected chi connectivity index (χ0v) is 12.7. The predicted molar refractivity (Wildman–Crippen MR) is 82.9 cm³/mol. The van der Waals surface area contributed by atoms with Gasteiger partial charge in [0.2, 0.25) is 0 Å². The Hall–Kier alpha value is -1.68. The van der Waals surface area contributed by atoms with E-state index in [1.165, 1.54) is 0 Å². The first-order valence-corrected chi connectivity index (χ1v) is 7.15. The Morgan fingerprint density at radius 2 is 1.29 bits per heavy atom. The molecule has 0 fully saturated rings. The van der Waals surface area contributed by atoms with Crippen molar-refractivity contribution < 1.29 is 10.3 Å². The molecule has 0 aliphatic rings. The van der Waals surface area contributed by atoms with Crippen LogP contribution in [0, 0.1) is 0 Å². The summed E-state index contributed by atoms with van der Waals surface area (Å²) in [6.07, 6.45) is -0.870. The molecule has 0 aromatic heterocycles. The number of rotatable bonds is 4. The van der Waals surface area contributed by atoms with Crippen molar-refractivity contribution >= 4 is 0 Å². The molecule has 0 saturated heterocycles. The van der Waals surface area contributed by atoms with Crippen molar-refractivity contribution in [1.82, 2.24) is 5.06 Å². The average molecular weight is 284 g/mol. The van der Waals surface area contributed by atoms with Gasteiger partial charge in [-0.25, -0.2) is 0 Å². The summed E-state index contributed by atoms with van der Waals surface area (Å²) in [5.74, 6) is 0. The minimum absolute atomic E-state index is 0.587. The number of nitrogens with zero attached hydrogens (tertiary/aromatic N) is 1. The van der Waals surface area contributed by atoms with Gasteiger partial charge in [-0.15, -0.1) is 10.3 Å². The van der Waals surface area contributed by atoms with Gasteiger partial charge in [-0.1, -0.05) is 60.7 Å². The van der Waals surface area contributed by atoms with Crippen LogP contribution in [0.15, 0.2) is 60.7 Å². The number of hydrogen-bond acceptors (Lipinski definition) is 2. The summed E-state index contributed by atoms with van der Waals surface area (Å²) in [7, 11) is 0. The molecule has 2 aromatic carbocycles. The first kappa shape index (κ1) is 15.7. The highest BCUT2D eigenvalue weighted by molar-refractivity contribution is 5.26. The molecule has 111 valence electrons. The normalized spacial score (nSPS) is 15.0. The quantitative estimate of drug-likeness (QED) is 0.865. The Balaban J connectivity index is 2.42. The van der Waals surface area contributed by atoms with Gasteiger partial charge in [-0.3, -0.25) is 0 Å². The molecular formula is C18H22NO2. The van der Waals surface area contributed by atoms with Gasteiger partial charge in [0.05, 0.1) is 6.04 Å². The molecule has 0 amide bonds. The van der Waals surface area contributed by atoms with Gasteiger partial charge in [0.15, 0.2) is 0 Å². The lowest BCUT2D eigenvalue weighted by Crippen LogP contribution is -2.42. The maximum absolute atomic E-state index is 12.7. The molecule has 2 rings (SSSR count). The highest BCUT2D eigenvalue weighted by Crippen LogP contribution is 2.36. The van der Waals surface area contributed by atoms with Gasteiger partial charge < -0.3 is 5.11 Å². The smallest absolute Gasteiger partial charge is 0.101 e. The Morgan fingerprint density at radius 3 is 1.71 bits per heavy atom. The van der Waals surface area contributed by atoms with Crippen molar-refractivity contribution in [2.75, 3.05) is 0 Å². The van der Waals surface area contributed by atoms with Gasteiger partial charge >= 0.3 is 0 Å². The van der Waals surface area contributed by atoms with Gasteiger partial charge in [-0.05, 0) is 31.9 Å². The van der Waals surface area contributed by atoms with E-state index in [4.69, 9.17) is 0 Å². The molecule has 3 nitrogen and oxygen atoms in total. The van der Waals surface area contributed by atoms with Crippen LogP contribution in [0.1, 0.15) is 44.0 Å². The molecule has 0 saturated carbocycles. The van der Waals surface area contributed by atoms with Crippen LogP contribution in [0.5, 0.6) is 0 Å². The monoisotopic (exact) mass is 284 g/mol. The van der Waals surface area contributed by atoms with E-state index in [1.807, 2.05) is 81.4 Å². The van der Waals surface area contributed by atoms with Crippen LogP contribution in [0.2, 0.25) is 0 Å². The molecule has 0 aliphatic carbocycles. The van der Waals surface area contributed by atoms with Crippen molar-refractivity contribution in [2.24, 2.45) is 0 Å². The van der Waals surface area contributed by atoms with E-state index >= 15 is 0 Å². The fraction of sp³-hybridized carbons (Fsp3) is 0.333. The van der Waals surface area contributed by atoms with Crippen LogP contribution in [-0.4, -0.2) is 15.7 Å². The number of hydroxylamine groups is 2. The third kappa shape index (κ3) is 3.70. The molecular weight excluding hydrogens is 262 g/mol. The minimum Gasteiger partial charge on any atom is -0.386 e. The largest absolute Gasteiger partial charge is 0.386 e. The highest BCUT2D eigenvalue weighted by Gasteiger charge is 2.35. The molecule has 2 unspecified atom stereocenters.